The average molecular weight is 370 g/mol. The number of hydrogen-bond donors (Lipinski definition) is 2. The Kier molecular flexibility index (Phi) is 3.66. The van der Waals surface area contributed by atoms with Crippen LogP contribution in [0.1, 0.15) is 20.7 Å². The molecule has 0 saturated heterocycles. The molecule has 0 aliphatic rings. The molecule has 2 N–H and O–H groups in total. The number of rotatable bonds is 3. The van der Waals surface area contributed by atoms with Gasteiger partial charge in [0.15, 0.2) is 5.82 Å². The first-order chi connectivity index (χ1) is 12.5. The summed E-state index contributed by atoms with van der Waals surface area (Å²) in [6.45, 7) is 0. The highest BCUT2D eigenvalue weighted by Gasteiger charge is 2.17. The predicted octanol–water partition coefficient (Wildman–Crippen LogP) is 2.81. The topological polar surface area (TPSA) is 96.6 Å². The van der Waals surface area contributed by atoms with E-state index >= 15 is 0 Å². The van der Waals surface area contributed by atoms with E-state index in [1.165, 1.54) is 36.6 Å². The van der Waals surface area contributed by atoms with E-state index in [0.717, 1.165) is 10.8 Å². The molecule has 0 fully saturated rings. The van der Waals surface area contributed by atoms with Gasteiger partial charge < -0.3 is 10.4 Å². The minimum absolute atomic E-state index is 0.179. The second-order valence-corrected chi connectivity index (χ2v) is 6.50. The van der Waals surface area contributed by atoms with Crippen LogP contribution in [-0.2, 0) is 0 Å². The lowest BCUT2D eigenvalue weighted by Gasteiger charge is -2.02. The average Bonchev–Trinajstić information content (AvgIpc) is 3.17. The summed E-state index contributed by atoms with van der Waals surface area (Å²) in [6, 6.07) is 8.79. The van der Waals surface area contributed by atoms with Crippen molar-refractivity contribution in [1.29, 1.82) is 0 Å². The van der Waals surface area contributed by atoms with Gasteiger partial charge in [0.1, 0.15) is 5.82 Å². The maximum atomic E-state index is 14.4. The molecule has 0 aliphatic heterocycles. The number of amides is 1. The van der Waals surface area contributed by atoms with Gasteiger partial charge in [-0.3, -0.25) is 4.79 Å². The number of carbonyl (C=O) groups excluding carboxylic acids is 1. The Morgan fingerprint density at radius 1 is 1.19 bits per heavy atom. The van der Waals surface area contributed by atoms with Crippen LogP contribution in [0.3, 0.4) is 0 Å². The minimum Gasteiger partial charge on any atom is -0.478 e. The molecule has 2 aromatic heterocycles. The number of aromatic carboxylic acids is 1. The lowest BCUT2D eigenvalue weighted by Crippen LogP contribution is -2.17. The van der Waals surface area contributed by atoms with Gasteiger partial charge in [-0.1, -0.05) is 11.3 Å². The SMILES string of the molecule is CNC(=O)c1ccc(-c2nc3sc4cc(C(=O)O)ccc4n3n2)c(F)c1. The number of benzene rings is 2. The van der Waals surface area contributed by atoms with E-state index in [1.54, 1.807) is 16.6 Å². The Hall–Kier alpha value is -3.33. The molecular formula is C17H11FN4O3S. The molecule has 0 atom stereocenters. The van der Waals surface area contributed by atoms with Crippen LogP contribution in [0, 0.1) is 5.82 Å². The molecule has 130 valence electrons. The zero-order valence-electron chi connectivity index (χ0n) is 13.4. The fraction of sp³-hybridized carbons (Fsp3) is 0.0588. The van der Waals surface area contributed by atoms with Gasteiger partial charge in [-0.25, -0.2) is 13.7 Å². The van der Waals surface area contributed by atoms with Crippen molar-refractivity contribution in [2.45, 2.75) is 0 Å². The third-order valence-electron chi connectivity index (χ3n) is 3.91. The number of nitrogens with zero attached hydrogens (tertiary/aromatic N) is 3. The molecule has 1 amide bonds. The zero-order chi connectivity index (χ0) is 18.4. The van der Waals surface area contributed by atoms with Crippen LogP contribution in [0.5, 0.6) is 0 Å². The van der Waals surface area contributed by atoms with E-state index < -0.39 is 11.8 Å². The molecule has 9 heteroatoms. The zero-order valence-corrected chi connectivity index (χ0v) is 14.2. The second kappa shape index (κ2) is 5.88. The molecule has 4 rings (SSSR count). The van der Waals surface area contributed by atoms with Crippen molar-refractivity contribution >= 4 is 38.4 Å². The first-order valence-corrected chi connectivity index (χ1v) is 8.34. The van der Waals surface area contributed by atoms with E-state index in [9.17, 15) is 14.0 Å². The summed E-state index contributed by atoms with van der Waals surface area (Å²) in [6.07, 6.45) is 0. The van der Waals surface area contributed by atoms with Gasteiger partial charge in [-0.2, -0.15) is 4.98 Å². The lowest BCUT2D eigenvalue weighted by atomic mass is 10.1. The summed E-state index contributed by atoms with van der Waals surface area (Å²) in [5.74, 6) is -1.79. The first kappa shape index (κ1) is 16.2. The Balaban J connectivity index is 1.81. The third-order valence-corrected chi connectivity index (χ3v) is 4.91. The third kappa shape index (κ3) is 2.49. The van der Waals surface area contributed by atoms with Crippen LogP contribution in [0.4, 0.5) is 4.39 Å². The smallest absolute Gasteiger partial charge is 0.335 e. The van der Waals surface area contributed by atoms with Crippen LogP contribution in [-0.4, -0.2) is 38.6 Å². The van der Waals surface area contributed by atoms with Gasteiger partial charge in [-0.15, -0.1) is 5.10 Å². The lowest BCUT2D eigenvalue weighted by molar-refractivity contribution is 0.0696. The van der Waals surface area contributed by atoms with Crippen LogP contribution >= 0.6 is 11.3 Å². The normalized spacial score (nSPS) is 11.2. The standard InChI is InChI=1S/C17H11FN4O3S/c1-19-15(23)8-2-4-10(11(18)6-8)14-20-17-22(21-14)12-5-3-9(16(24)25)7-13(12)26-17/h2-7H,1H3,(H,19,23)(H,24,25). The predicted molar refractivity (Wildman–Crippen MR) is 94.1 cm³/mol. The molecule has 0 bridgehead atoms. The van der Waals surface area contributed by atoms with Gasteiger partial charge in [0, 0.05) is 12.6 Å². The Morgan fingerprint density at radius 2 is 1.96 bits per heavy atom. The number of carboxylic acids is 1. The summed E-state index contributed by atoms with van der Waals surface area (Å²) in [5.41, 5.74) is 1.26. The van der Waals surface area contributed by atoms with Gasteiger partial charge in [-0.05, 0) is 36.4 Å². The number of hydrogen-bond acceptors (Lipinski definition) is 5. The Labute approximate surface area is 149 Å². The van der Waals surface area contributed by atoms with Gasteiger partial charge in [0.25, 0.3) is 5.91 Å². The van der Waals surface area contributed by atoms with Crippen molar-refractivity contribution in [3.63, 3.8) is 0 Å². The van der Waals surface area contributed by atoms with E-state index in [2.05, 4.69) is 15.4 Å². The summed E-state index contributed by atoms with van der Waals surface area (Å²) in [4.78, 5) is 27.5. The van der Waals surface area contributed by atoms with Crippen molar-refractivity contribution in [1.82, 2.24) is 19.9 Å². The summed E-state index contributed by atoms with van der Waals surface area (Å²) in [7, 11) is 1.47. The number of halogens is 1. The second-order valence-electron chi connectivity index (χ2n) is 5.49. The summed E-state index contributed by atoms with van der Waals surface area (Å²) >= 11 is 1.27. The van der Waals surface area contributed by atoms with Crippen LogP contribution in [0.2, 0.25) is 0 Å². The van der Waals surface area contributed by atoms with E-state index in [4.69, 9.17) is 5.11 Å². The maximum Gasteiger partial charge on any atom is 0.335 e. The van der Waals surface area contributed by atoms with E-state index in [1.807, 2.05) is 0 Å². The van der Waals surface area contributed by atoms with Crippen molar-refractivity contribution in [3.8, 4) is 11.4 Å². The number of fused-ring (bicyclic) bond motifs is 3. The highest BCUT2D eigenvalue weighted by Crippen LogP contribution is 2.29. The van der Waals surface area contributed by atoms with E-state index in [-0.39, 0.29) is 28.4 Å². The molecule has 2 aromatic carbocycles. The largest absolute Gasteiger partial charge is 0.478 e. The van der Waals surface area contributed by atoms with Crippen LogP contribution < -0.4 is 5.32 Å². The number of carboxylic acid groups (broad SMARTS) is 1. The molecule has 7 nitrogen and oxygen atoms in total. The summed E-state index contributed by atoms with van der Waals surface area (Å²) < 4.78 is 16.7. The molecule has 0 spiro atoms. The highest BCUT2D eigenvalue weighted by molar-refractivity contribution is 7.23. The highest BCUT2D eigenvalue weighted by atomic mass is 32.1. The van der Waals surface area contributed by atoms with E-state index in [0.29, 0.717) is 10.5 Å². The van der Waals surface area contributed by atoms with Gasteiger partial charge >= 0.3 is 5.97 Å². The van der Waals surface area contributed by atoms with Crippen molar-refractivity contribution < 1.29 is 19.1 Å². The first-order valence-electron chi connectivity index (χ1n) is 7.52. The van der Waals surface area contributed by atoms with Crippen LogP contribution in [0.15, 0.2) is 36.4 Å². The Bertz CT molecular complexity index is 1200. The summed E-state index contributed by atoms with van der Waals surface area (Å²) in [5, 5.41) is 15.8. The van der Waals surface area contributed by atoms with Crippen molar-refractivity contribution in [2.75, 3.05) is 7.05 Å². The fourth-order valence-corrected chi connectivity index (χ4v) is 3.62. The Morgan fingerprint density at radius 3 is 2.65 bits per heavy atom. The molecule has 0 radical (unpaired) electrons. The van der Waals surface area contributed by atoms with Gasteiger partial charge in [0.05, 0.1) is 21.3 Å². The number of aromatic nitrogens is 3. The number of carbonyl (C=O) groups is 2. The minimum atomic E-state index is -1.01. The van der Waals surface area contributed by atoms with Crippen molar-refractivity contribution in [3.05, 3.63) is 53.3 Å². The molecule has 2 heterocycles. The quantitative estimate of drug-likeness (QED) is 0.578. The van der Waals surface area contributed by atoms with Crippen LogP contribution in [0.25, 0.3) is 26.6 Å². The molecule has 0 unspecified atom stereocenters. The monoisotopic (exact) mass is 370 g/mol. The molecule has 0 aliphatic carbocycles. The fourth-order valence-electron chi connectivity index (χ4n) is 2.62. The molecule has 26 heavy (non-hydrogen) atoms. The number of nitrogens with one attached hydrogen (secondary N) is 1. The number of thiazole rings is 1. The van der Waals surface area contributed by atoms with Crippen molar-refractivity contribution in [2.24, 2.45) is 0 Å². The molecular weight excluding hydrogens is 359 g/mol. The molecule has 0 saturated carbocycles. The molecule has 4 aromatic rings. The maximum absolute atomic E-state index is 14.4. The van der Waals surface area contributed by atoms with Gasteiger partial charge in [0.2, 0.25) is 4.96 Å².